The number of para-hydroxylation sites is 1. The number of carbonyl (C=O) groups excluding carboxylic acids is 2. The molecule has 0 saturated heterocycles. The van der Waals surface area contributed by atoms with Crippen molar-refractivity contribution in [2.24, 2.45) is 0 Å². The van der Waals surface area contributed by atoms with E-state index < -0.39 is 0 Å². The van der Waals surface area contributed by atoms with Crippen LogP contribution >= 0.6 is 15.9 Å². The molecule has 0 atom stereocenters. The molecule has 0 unspecified atom stereocenters. The summed E-state index contributed by atoms with van der Waals surface area (Å²) in [4.78, 5) is 23.4. The first-order chi connectivity index (χ1) is 9.69. The highest BCUT2D eigenvalue weighted by molar-refractivity contribution is 9.09. The van der Waals surface area contributed by atoms with Crippen molar-refractivity contribution >= 4 is 39.1 Å². The van der Waals surface area contributed by atoms with Crippen molar-refractivity contribution in [1.29, 1.82) is 0 Å². The topological polar surface area (TPSA) is 58.2 Å². The third kappa shape index (κ3) is 3.93. The van der Waals surface area contributed by atoms with Crippen LogP contribution in [0.25, 0.3) is 0 Å². The van der Waals surface area contributed by atoms with Crippen LogP contribution in [0.15, 0.2) is 54.6 Å². The van der Waals surface area contributed by atoms with Gasteiger partial charge in [-0.25, -0.2) is 0 Å². The van der Waals surface area contributed by atoms with Gasteiger partial charge in [-0.3, -0.25) is 9.59 Å². The van der Waals surface area contributed by atoms with Crippen LogP contribution in [0.5, 0.6) is 0 Å². The molecule has 20 heavy (non-hydrogen) atoms. The monoisotopic (exact) mass is 332 g/mol. The van der Waals surface area contributed by atoms with Gasteiger partial charge in [-0.1, -0.05) is 40.2 Å². The van der Waals surface area contributed by atoms with Gasteiger partial charge in [-0.05, 0) is 30.3 Å². The molecule has 0 bridgehead atoms. The lowest BCUT2D eigenvalue weighted by Gasteiger charge is -2.07. The predicted octanol–water partition coefficient (Wildman–Crippen LogP) is 3.27. The van der Waals surface area contributed by atoms with E-state index in [-0.39, 0.29) is 17.1 Å². The molecular formula is C15H13BrN2O2. The fourth-order valence-electron chi connectivity index (χ4n) is 1.66. The summed E-state index contributed by atoms with van der Waals surface area (Å²) in [5, 5.41) is 5.69. The molecule has 0 radical (unpaired) electrons. The maximum Gasteiger partial charge on any atom is 0.255 e. The van der Waals surface area contributed by atoms with Crippen LogP contribution in [0.3, 0.4) is 0 Å². The van der Waals surface area contributed by atoms with Gasteiger partial charge in [0.1, 0.15) is 0 Å². The molecule has 0 fully saturated rings. The van der Waals surface area contributed by atoms with Gasteiger partial charge in [0.2, 0.25) is 5.91 Å². The van der Waals surface area contributed by atoms with Crippen molar-refractivity contribution in [2.45, 2.75) is 0 Å². The second kappa shape index (κ2) is 6.86. The Labute approximate surface area is 125 Å². The number of amides is 2. The summed E-state index contributed by atoms with van der Waals surface area (Å²) in [6.45, 7) is 0. The maximum atomic E-state index is 12.1. The first-order valence-corrected chi connectivity index (χ1v) is 7.13. The summed E-state index contributed by atoms with van der Waals surface area (Å²) in [7, 11) is 0. The van der Waals surface area contributed by atoms with Gasteiger partial charge in [-0.2, -0.15) is 0 Å². The van der Waals surface area contributed by atoms with E-state index in [1.165, 1.54) is 0 Å². The van der Waals surface area contributed by atoms with E-state index in [1.54, 1.807) is 24.3 Å². The zero-order valence-electron chi connectivity index (χ0n) is 10.6. The molecule has 0 heterocycles. The molecule has 0 spiro atoms. The van der Waals surface area contributed by atoms with Gasteiger partial charge >= 0.3 is 0 Å². The Kier molecular flexibility index (Phi) is 4.90. The second-order valence-corrected chi connectivity index (χ2v) is 4.64. The van der Waals surface area contributed by atoms with E-state index >= 15 is 0 Å². The maximum absolute atomic E-state index is 12.1. The molecule has 2 aromatic carbocycles. The number of carbonyl (C=O) groups is 2. The highest BCUT2D eigenvalue weighted by Crippen LogP contribution is 2.13. The Bertz CT molecular complexity index is 614. The van der Waals surface area contributed by atoms with Crippen LogP contribution in [0.2, 0.25) is 0 Å². The number of hydrogen-bond donors (Lipinski definition) is 2. The van der Waals surface area contributed by atoms with E-state index in [0.717, 1.165) is 5.69 Å². The minimum atomic E-state index is -0.217. The minimum absolute atomic E-state index is 0.161. The van der Waals surface area contributed by atoms with Crippen LogP contribution in [-0.2, 0) is 4.79 Å². The first kappa shape index (κ1) is 14.3. The Hall–Kier alpha value is -2.14. The highest BCUT2D eigenvalue weighted by Gasteiger charge is 2.07. The molecule has 0 saturated carbocycles. The molecular weight excluding hydrogens is 320 g/mol. The van der Waals surface area contributed by atoms with E-state index in [0.29, 0.717) is 11.3 Å². The van der Waals surface area contributed by atoms with Crippen LogP contribution in [0.1, 0.15) is 10.4 Å². The normalized spacial score (nSPS) is 9.85. The molecule has 2 aromatic rings. The number of anilines is 2. The molecule has 0 aromatic heterocycles. The number of nitrogens with one attached hydrogen (secondary N) is 2. The van der Waals surface area contributed by atoms with Crippen LogP contribution in [-0.4, -0.2) is 17.1 Å². The lowest BCUT2D eigenvalue weighted by molar-refractivity contribution is -0.113. The van der Waals surface area contributed by atoms with Gasteiger partial charge in [0.05, 0.1) is 5.33 Å². The molecule has 0 aliphatic heterocycles. The third-order valence-electron chi connectivity index (χ3n) is 2.56. The number of hydrogen-bond acceptors (Lipinski definition) is 2. The largest absolute Gasteiger partial charge is 0.325 e. The fourth-order valence-corrected chi connectivity index (χ4v) is 1.80. The second-order valence-electron chi connectivity index (χ2n) is 4.08. The zero-order valence-corrected chi connectivity index (χ0v) is 12.2. The summed E-state index contributed by atoms with van der Waals surface area (Å²) >= 11 is 3.07. The number of alkyl halides is 1. The summed E-state index contributed by atoms with van der Waals surface area (Å²) in [6.07, 6.45) is 0. The van der Waals surface area contributed by atoms with Crippen LogP contribution in [0, 0.1) is 0 Å². The molecule has 2 N–H and O–H groups in total. The summed E-state index contributed by atoms with van der Waals surface area (Å²) in [6, 6.07) is 16.0. The summed E-state index contributed by atoms with van der Waals surface area (Å²) in [5.74, 6) is -0.378. The van der Waals surface area contributed by atoms with Crippen LogP contribution < -0.4 is 10.6 Å². The summed E-state index contributed by atoms with van der Waals surface area (Å²) < 4.78 is 0. The molecule has 0 aliphatic carbocycles. The predicted molar refractivity (Wildman–Crippen MR) is 83.3 cm³/mol. The molecule has 0 aliphatic rings. The molecule has 2 amide bonds. The lowest BCUT2D eigenvalue weighted by atomic mass is 10.2. The smallest absolute Gasteiger partial charge is 0.255 e. The Morgan fingerprint density at radius 1 is 0.900 bits per heavy atom. The zero-order chi connectivity index (χ0) is 14.4. The Morgan fingerprint density at radius 2 is 1.60 bits per heavy atom. The number of benzene rings is 2. The number of halogens is 1. The SMILES string of the molecule is O=C(CBr)Nc1cccc(C(=O)Nc2ccccc2)c1. The van der Waals surface area contributed by atoms with Crippen molar-refractivity contribution in [1.82, 2.24) is 0 Å². The molecule has 5 heteroatoms. The van der Waals surface area contributed by atoms with Crippen molar-refractivity contribution in [3.8, 4) is 0 Å². The highest BCUT2D eigenvalue weighted by atomic mass is 79.9. The Balaban J connectivity index is 2.10. The van der Waals surface area contributed by atoms with Gasteiger partial charge in [0.15, 0.2) is 0 Å². The van der Waals surface area contributed by atoms with E-state index in [9.17, 15) is 9.59 Å². The Morgan fingerprint density at radius 3 is 2.30 bits per heavy atom. The van der Waals surface area contributed by atoms with E-state index in [1.807, 2.05) is 30.3 Å². The van der Waals surface area contributed by atoms with Crippen molar-refractivity contribution in [3.05, 3.63) is 60.2 Å². The quantitative estimate of drug-likeness (QED) is 0.844. The van der Waals surface area contributed by atoms with Crippen molar-refractivity contribution < 1.29 is 9.59 Å². The fraction of sp³-hybridized carbons (Fsp3) is 0.0667. The average Bonchev–Trinajstić information content (AvgIpc) is 2.48. The summed E-state index contributed by atoms with van der Waals surface area (Å²) in [5.41, 5.74) is 1.81. The van der Waals surface area contributed by atoms with E-state index in [4.69, 9.17) is 0 Å². The molecule has 102 valence electrons. The van der Waals surface area contributed by atoms with Crippen molar-refractivity contribution in [3.63, 3.8) is 0 Å². The number of rotatable bonds is 4. The van der Waals surface area contributed by atoms with Gasteiger partial charge in [0.25, 0.3) is 5.91 Å². The molecule has 4 nitrogen and oxygen atoms in total. The first-order valence-electron chi connectivity index (χ1n) is 6.01. The molecule has 2 rings (SSSR count). The van der Waals surface area contributed by atoms with E-state index in [2.05, 4.69) is 26.6 Å². The van der Waals surface area contributed by atoms with Crippen molar-refractivity contribution in [2.75, 3.05) is 16.0 Å². The lowest BCUT2D eigenvalue weighted by Crippen LogP contribution is -2.14. The standard InChI is InChI=1S/C15H13BrN2O2/c16-10-14(19)17-13-8-4-5-11(9-13)15(20)18-12-6-2-1-3-7-12/h1-9H,10H2,(H,17,19)(H,18,20). The van der Waals surface area contributed by atoms with Gasteiger partial charge in [0, 0.05) is 16.9 Å². The minimum Gasteiger partial charge on any atom is -0.325 e. The van der Waals surface area contributed by atoms with Crippen LogP contribution in [0.4, 0.5) is 11.4 Å². The van der Waals surface area contributed by atoms with Gasteiger partial charge in [-0.15, -0.1) is 0 Å². The third-order valence-corrected chi connectivity index (χ3v) is 3.07. The average molecular weight is 333 g/mol. The van der Waals surface area contributed by atoms with Gasteiger partial charge < -0.3 is 10.6 Å².